The predicted octanol–water partition coefficient (Wildman–Crippen LogP) is 9.57. The number of rotatable bonds is 2. The summed E-state index contributed by atoms with van der Waals surface area (Å²) in [5.74, 6) is 0. The Kier molecular flexibility index (Phi) is 4.41. The molecule has 0 saturated carbocycles. The van der Waals surface area contributed by atoms with Crippen molar-refractivity contribution in [2.75, 3.05) is 0 Å². The van der Waals surface area contributed by atoms with Gasteiger partial charge in [-0.3, -0.25) is 4.98 Å². The first-order valence-corrected chi connectivity index (χ1v) is 15.0. The lowest BCUT2D eigenvalue weighted by atomic mass is 9.87. The standard InChI is InChI=1S/C30H23IN2S/c1-30(2,3)16-17-7-8-19-15-24-23(14-20(19)13-17)27-26-18(11-12-32-27)9-10-22-21-5-4-6-25(34-31)28(21)33(24)29(22)26/h4-15H,16H2,1-3H3. The molecular formula is C30H23IN2S. The van der Waals surface area contributed by atoms with Gasteiger partial charge in [0.15, 0.2) is 0 Å². The number of benzene rings is 4. The second-order valence-corrected chi connectivity index (χ2v) is 12.5. The molecule has 0 saturated heterocycles. The fourth-order valence-corrected chi connectivity index (χ4v) is 7.19. The van der Waals surface area contributed by atoms with Crippen LogP contribution in [0.2, 0.25) is 0 Å². The van der Waals surface area contributed by atoms with Crippen molar-refractivity contribution in [2.24, 2.45) is 5.41 Å². The number of fused-ring (bicyclic) bond motifs is 7. The van der Waals surface area contributed by atoms with E-state index in [1.807, 2.05) is 6.20 Å². The molecule has 34 heavy (non-hydrogen) atoms. The van der Waals surface area contributed by atoms with Crippen molar-refractivity contribution in [2.45, 2.75) is 32.1 Å². The molecule has 0 fully saturated rings. The summed E-state index contributed by atoms with van der Waals surface area (Å²) >= 11 is 2.41. The van der Waals surface area contributed by atoms with Crippen molar-refractivity contribution in [1.29, 1.82) is 0 Å². The van der Waals surface area contributed by atoms with Gasteiger partial charge in [-0.1, -0.05) is 72.2 Å². The number of halogens is 1. The monoisotopic (exact) mass is 570 g/mol. The highest BCUT2D eigenvalue weighted by molar-refractivity contribution is 14.2. The molecule has 0 spiro atoms. The number of hydrogen-bond donors (Lipinski definition) is 0. The lowest BCUT2D eigenvalue weighted by Gasteiger charge is -2.18. The molecular weight excluding hydrogens is 547 g/mol. The Bertz CT molecular complexity index is 1910. The quantitative estimate of drug-likeness (QED) is 0.117. The van der Waals surface area contributed by atoms with Gasteiger partial charge in [0.05, 0.1) is 22.1 Å². The first-order chi connectivity index (χ1) is 16.4. The van der Waals surface area contributed by atoms with Crippen LogP contribution in [-0.2, 0) is 6.42 Å². The highest BCUT2D eigenvalue weighted by atomic mass is 127. The smallest absolute Gasteiger partial charge is 0.0822 e. The van der Waals surface area contributed by atoms with E-state index in [0.29, 0.717) is 0 Å². The van der Waals surface area contributed by atoms with E-state index in [9.17, 15) is 0 Å². The van der Waals surface area contributed by atoms with Gasteiger partial charge in [-0.15, -0.1) is 0 Å². The third kappa shape index (κ3) is 2.91. The van der Waals surface area contributed by atoms with E-state index in [2.05, 4.69) is 113 Å². The van der Waals surface area contributed by atoms with Gasteiger partial charge in [-0.05, 0) is 57.8 Å². The molecule has 0 aliphatic rings. The van der Waals surface area contributed by atoms with Crippen molar-refractivity contribution in [3.63, 3.8) is 0 Å². The zero-order valence-electron chi connectivity index (χ0n) is 19.3. The minimum atomic E-state index is 0.261. The molecule has 0 unspecified atom stereocenters. The summed E-state index contributed by atoms with van der Waals surface area (Å²) < 4.78 is 2.50. The van der Waals surface area contributed by atoms with Crippen LogP contribution in [0.1, 0.15) is 26.3 Å². The maximum absolute atomic E-state index is 4.94. The van der Waals surface area contributed by atoms with Gasteiger partial charge in [-0.25, -0.2) is 0 Å². The van der Waals surface area contributed by atoms with Crippen molar-refractivity contribution < 1.29 is 0 Å². The van der Waals surface area contributed by atoms with Crippen LogP contribution in [0.15, 0.2) is 77.8 Å². The molecule has 2 nitrogen and oxygen atoms in total. The lowest BCUT2D eigenvalue weighted by Crippen LogP contribution is -2.08. The van der Waals surface area contributed by atoms with Crippen LogP contribution < -0.4 is 0 Å². The van der Waals surface area contributed by atoms with E-state index >= 15 is 0 Å². The molecule has 0 amide bonds. The third-order valence-electron chi connectivity index (χ3n) is 6.97. The minimum absolute atomic E-state index is 0.261. The van der Waals surface area contributed by atoms with Gasteiger partial charge in [-0.2, -0.15) is 0 Å². The maximum atomic E-state index is 4.94. The first-order valence-electron chi connectivity index (χ1n) is 11.6. The van der Waals surface area contributed by atoms with Gasteiger partial charge in [0.25, 0.3) is 0 Å². The van der Waals surface area contributed by atoms with Gasteiger partial charge in [0.1, 0.15) is 0 Å². The van der Waals surface area contributed by atoms with E-state index in [0.717, 1.165) is 11.9 Å². The van der Waals surface area contributed by atoms with Crippen LogP contribution in [0.25, 0.3) is 59.8 Å². The number of para-hydroxylation sites is 1. The van der Waals surface area contributed by atoms with Crippen molar-refractivity contribution >= 4 is 89.9 Å². The average molecular weight is 570 g/mol. The highest BCUT2D eigenvalue weighted by Gasteiger charge is 2.21. The van der Waals surface area contributed by atoms with E-state index in [-0.39, 0.29) is 5.41 Å². The minimum Gasteiger partial charge on any atom is -0.307 e. The fraction of sp³-hybridized carbons (Fsp3) is 0.167. The Balaban J connectivity index is 1.72. The van der Waals surface area contributed by atoms with Crippen LogP contribution in [0.3, 0.4) is 0 Å². The van der Waals surface area contributed by atoms with Gasteiger partial charge in [0, 0.05) is 53.8 Å². The zero-order chi connectivity index (χ0) is 23.2. The van der Waals surface area contributed by atoms with Crippen LogP contribution in [0.5, 0.6) is 0 Å². The molecule has 0 aliphatic heterocycles. The van der Waals surface area contributed by atoms with E-state index < -0.39 is 0 Å². The SMILES string of the molecule is CC(C)(C)Cc1ccc2cc3c(cc2c1)c1nccc2ccc4c5cccc(SI)c5n3c4c21. The number of pyridine rings is 2. The summed E-state index contributed by atoms with van der Waals surface area (Å²) in [6, 6.07) is 25.1. The normalized spacial score (nSPS) is 12.9. The number of nitrogens with zero attached hydrogens (tertiary/aromatic N) is 2. The average Bonchev–Trinajstić information content (AvgIpc) is 3.17. The summed E-state index contributed by atoms with van der Waals surface area (Å²) in [6.07, 6.45) is 3.02. The van der Waals surface area contributed by atoms with Gasteiger partial charge in [0.2, 0.25) is 0 Å². The summed E-state index contributed by atoms with van der Waals surface area (Å²) in [5, 5.41) is 8.90. The molecule has 3 aromatic heterocycles. The largest absolute Gasteiger partial charge is 0.307 e. The number of hydrogen-bond acceptors (Lipinski definition) is 2. The summed E-state index contributed by atoms with van der Waals surface area (Å²) in [4.78, 5) is 6.24. The van der Waals surface area contributed by atoms with Crippen LogP contribution in [0, 0.1) is 5.41 Å². The molecule has 7 aromatic rings. The summed E-state index contributed by atoms with van der Waals surface area (Å²) in [5.41, 5.74) is 6.55. The second kappa shape index (κ2) is 7.22. The molecule has 7 rings (SSSR count). The molecule has 4 heteroatoms. The third-order valence-corrected chi connectivity index (χ3v) is 8.89. The van der Waals surface area contributed by atoms with E-state index in [4.69, 9.17) is 4.98 Å². The fourth-order valence-electron chi connectivity index (χ4n) is 5.72. The molecule has 4 aromatic carbocycles. The topological polar surface area (TPSA) is 17.3 Å². The first kappa shape index (κ1) is 20.8. The predicted molar refractivity (Wildman–Crippen MR) is 157 cm³/mol. The maximum Gasteiger partial charge on any atom is 0.0822 e. The Labute approximate surface area is 214 Å². The Morgan fingerprint density at radius 3 is 2.47 bits per heavy atom. The van der Waals surface area contributed by atoms with E-state index in [1.54, 1.807) is 8.93 Å². The van der Waals surface area contributed by atoms with Crippen molar-refractivity contribution in [1.82, 2.24) is 9.38 Å². The Morgan fingerprint density at radius 2 is 1.65 bits per heavy atom. The van der Waals surface area contributed by atoms with Gasteiger partial charge >= 0.3 is 0 Å². The molecule has 0 radical (unpaired) electrons. The second-order valence-electron chi connectivity index (χ2n) is 10.6. The molecule has 0 aliphatic carbocycles. The van der Waals surface area contributed by atoms with Crippen molar-refractivity contribution in [3.05, 3.63) is 78.5 Å². The zero-order valence-corrected chi connectivity index (χ0v) is 22.3. The molecule has 0 bridgehead atoms. The Hall–Kier alpha value is -2.57. The summed E-state index contributed by atoms with van der Waals surface area (Å²) in [6.45, 7) is 6.91. The van der Waals surface area contributed by atoms with E-state index in [1.165, 1.54) is 64.7 Å². The van der Waals surface area contributed by atoms with Gasteiger partial charge < -0.3 is 4.40 Å². The Morgan fingerprint density at radius 1 is 0.824 bits per heavy atom. The lowest BCUT2D eigenvalue weighted by molar-refractivity contribution is 0.411. The van der Waals surface area contributed by atoms with Crippen molar-refractivity contribution in [3.8, 4) is 0 Å². The summed E-state index contributed by atoms with van der Waals surface area (Å²) in [7, 11) is 1.79. The molecule has 166 valence electrons. The van der Waals surface area contributed by atoms with Crippen LogP contribution >= 0.6 is 30.1 Å². The molecule has 0 N–H and O–H groups in total. The molecule has 0 atom stereocenters. The highest BCUT2D eigenvalue weighted by Crippen LogP contribution is 2.44. The van der Waals surface area contributed by atoms with Crippen LogP contribution in [-0.4, -0.2) is 9.38 Å². The number of aromatic nitrogens is 2. The van der Waals surface area contributed by atoms with Crippen LogP contribution in [0.4, 0.5) is 0 Å². The molecule has 3 heterocycles.